The standard InChI is InChI=1S/C67H84ClN15O13/c1-37(2)29-49(59(89)76-48(12-7-27-73-67(70)71)66(96)83-28-8-13-55(83)65(95)74-38(3)57(69)87)77-62(92)52(33-41-14-19-43-10-4-5-11-44(43)30-41)79-61(91)51(32-40-17-22-46(85)23-18-40)81-64(94)54(36-84)82-63(93)53(34-42-9-6-26-72-35-42)80-60(90)50(31-39-15-20-45(68)21-16-39)78-58(88)47-24-25-56(86)75-47/h4-6,9-11,14-23,26,30,35,37-38,47-55,84-85H,7-8,12-13,24-25,27-29,31-34,36H2,1-3H3,(H2,69,87)(H,74,95)(H,75,86)(H,76,89)(H,77,92)(H,78,88)(H,79,91)(H,80,90)(H,81,94)(H,82,93)(H4,70,71,73)/t38-,47+,48+,49+,50+,51+,52+,53+,54+,55+/m1/s1. The number of aliphatic hydroxyl groups excluding tert-OH is 1. The first-order chi connectivity index (χ1) is 45.8. The number of aromatic nitrogens is 1. The normalized spacial score (nSPS) is 16.8. The van der Waals surface area contributed by atoms with Gasteiger partial charge in [-0.15, -0.1) is 0 Å². The molecular weight excluding hydrogens is 1260 g/mol. The first-order valence-corrected chi connectivity index (χ1v) is 32.1. The predicted octanol–water partition coefficient (Wildman–Crippen LogP) is -0.390. The van der Waals surface area contributed by atoms with Crippen LogP contribution in [0.3, 0.4) is 0 Å². The topological polar surface area (TPSA) is 443 Å². The molecule has 0 bridgehead atoms. The Hall–Kier alpha value is -10.2. The van der Waals surface area contributed by atoms with Gasteiger partial charge in [-0.3, -0.25) is 62.7 Å². The first-order valence-electron chi connectivity index (χ1n) is 31.7. The van der Waals surface area contributed by atoms with Crippen molar-refractivity contribution in [3.8, 4) is 5.75 Å². The van der Waals surface area contributed by atoms with Gasteiger partial charge in [-0.1, -0.05) is 98.2 Å². The molecule has 3 heterocycles. The Labute approximate surface area is 559 Å². The van der Waals surface area contributed by atoms with Crippen LogP contribution in [0, 0.1) is 5.92 Å². The number of benzene rings is 4. The minimum atomic E-state index is -1.80. The number of hydrogen-bond acceptors (Lipinski definition) is 15. The fourth-order valence-corrected chi connectivity index (χ4v) is 11.3. The maximum absolute atomic E-state index is 15.1. The fraction of sp³-hybridized carbons (Fsp3) is 0.418. The number of aliphatic hydroxyl groups is 1. The molecule has 2 saturated heterocycles. The number of aromatic hydroxyl groups is 1. The van der Waals surface area contributed by atoms with Gasteiger partial charge in [0, 0.05) is 62.6 Å². The zero-order chi connectivity index (χ0) is 69.6. The molecule has 512 valence electrons. The molecule has 0 aliphatic carbocycles. The van der Waals surface area contributed by atoms with Crippen molar-refractivity contribution in [1.82, 2.24) is 57.7 Å². The van der Waals surface area contributed by atoms with Crippen LogP contribution in [-0.2, 0) is 78.4 Å². The zero-order valence-corrected chi connectivity index (χ0v) is 54.3. The van der Waals surface area contributed by atoms with Gasteiger partial charge in [0.15, 0.2) is 5.96 Å². The number of carbonyl (C=O) groups excluding carboxylic acids is 11. The lowest BCUT2D eigenvalue weighted by molar-refractivity contribution is -0.142. The number of aliphatic imine (C=N–C) groups is 1. The zero-order valence-electron chi connectivity index (χ0n) is 53.6. The highest BCUT2D eigenvalue weighted by molar-refractivity contribution is 6.30. The summed E-state index contributed by atoms with van der Waals surface area (Å²) >= 11 is 6.15. The molecule has 2 fully saturated rings. The average molecular weight is 1340 g/mol. The number of halogens is 1. The molecule has 0 unspecified atom stereocenters. The molecule has 0 spiro atoms. The minimum absolute atomic E-state index is 0.0123. The van der Waals surface area contributed by atoms with Crippen molar-refractivity contribution in [1.29, 1.82) is 0 Å². The number of nitrogens with two attached hydrogens (primary N) is 3. The van der Waals surface area contributed by atoms with Gasteiger partial charge in [-0.25, -0.2) is 0 Å². The number of carbonyl (C=O) groups is 11. The number of primary amides is 1. The quantitative estimate of drug-likeness (QED) is 0.0145. The molecule has 96 heavy (non-hydrogen) atoms. The molecule has 7 rings (SSSR count). The van der Waals surface area contributed by atoms with Crippen LogP contribution in [0.5, 0.6) is 5.75 Å². The number of pyridine rings is 1. The van der Waals surface area contributed by atoms with Crippen LogP contribution in [0.25, 0.3) is 10.8 Å². The number of rotatable bonds is 33. The number of phenolic OH excluding ortho intramolecular Hbond substituents is 1. The third-order valence-corrected chi connectivity index (χ3v) is 16.6. The summed E-state index contributed by atoms with van der Waals surface area (Å²) in [6.45, 7) is 4.19. The molecule has 0 radical (unpaired) electrons. The lowest BCUT2D eigenvalue weighted by atomic mass is 9.98. The molecule has 4 aromatic carbocycles. The van der Waals surface area contributed by atoms with Crippen molar-refractivity contribution in [2.24, 2.45) is 28.1 Å². The van der Waals surface area contributed by atoms with Crippen LogP contribution in [0.15, 0.2) is 121 Å². The fourth-order valence-electron chi connectivity index (χ4n) is 11.2. The van der Waals surface area contributed by atoms with Crippen LogP contribution >= 0.6 is 11.6 Å². The van der Waals surface area contributed by atoms with Gasteiger partial charge in [-0.2, -0.15) is 0 Å². The summed E-state index contributed by atoms with van der Waals surface area (Å²) in [5.74, 6) is -9.06. The van der Waals surface area contributed by atoms with Gasteiger partial charge in [0.25, 0.3) is 0 Å². The van der Waals surface area contributed by atoms with Crippen LogP contribution < -0.4 is 65.1 Å². The number of nitrogens with zero attached hydrogens (tertiary/aromatic N) is 3. The summed E-state index contributed by atoms with van der Waals surface area (Å²) in [4.78, 5) is 163. The highest BCUT2D eigenvalue weighted by atomic mass is 35.5. The van der Waals surface area contributed by atoms with Crippen molar-refractivity contribution < 1.29 is 63.0 Å². The molecule has 0 saturated carbocycles. The summed E-state index contributed by atoms with van der Waals surface area (Å²) in [5, 5.41) is 47.2. The second-order valence-corrected chi connectivity index (χ2v) is 24.8. The second-order valence-electron chi connectivity index (χ2n) is 24.3. The number of phenols is 1. The minimum Gasteiger partial charge on any atom is -0.508 e. The number of nitrogens with one attached hydrogen (secondary N) is 9. The molecule has 11 amide bonds. The van der Waals surface area contributed by atoms with Gasteiger partial charge in [-0.05, 0) is 115 Å². The molecule has 2 aliphatic rings. The van der Waals surface area contributed by atoms with E-state index >= 15 is 9.59 Å². The van der Waals surface area contributed by atoms with Gasteiger partial charge >= 0.3 is 0 Å². The Kier molecular flexibility index (Phi) is 26.9. The Morgan fingerprint density at radius 3 is 1.71 bits per heavy atom. The van der Waals surface area contributed by atoms with E-state index in [4.69, 9.17) is 28.8 Å². The van der Waals surface area contributed by atoms with Crippen LogP contribution in [0.1, 0.15) is 88.0 Å². The molecule has 10 atom stereocenters. The second kappa shape index (κ2) is 35.3. The highest BCUT2D eigenvalue weighted by Crippen LogP contribution is 2.23. The van der Waals surface area contributed by atoms with Crippen LogP contribution in [0.4, 0.5) is 0 Å². The highest BCUT2D eigenvalue weighted by Gasteiger charge is 2.40. The Morgan fingerprint density at radius 1 is 0.615 bits per heavy atom. The lowest BCUT2D eigenvalue weighted by Crippen LogP contribution is -2.61. The van der Waals surface area contributed by atoms with E-state index in [0.717, 1.165) is 10.8 Å². The van der Waals surface area contributed by atoms with Gasteiger partial charge in [0.2, 0.25) is 65.0 Å². The number of amides is 11. The Balaban J connectivity index is 1.15. The first kappa shape index (κ1) is 73.2. The van der Waals surface area contributed by atoms with E-state index in [1.165, 1.54) is 48.5 Å². The maximum Gasteiger partial charge on any atom is 0.245 e. The maximum atomic E-state index is 15.1. The molecular formula is C67H84ClN15O13. The van der Waals surface area contributed by atoms with Crippen LogP contribution in [0.2, 0.25) is 5.02 Å². The summed E-state index contributed by atoms with van der Waals surface area (Å²) in [7, 11) is 0. The number of fused-ring (bicyclic) bond motifs is 1. The summed E-state index contributed by atoms with van der Waals surface area (Å²) in [6, 6.07) is 14.9. The van der Waals surface area contributed by atoms with Gasteiger partial charge in [0.05, 0.1) is 6.61 Å². The smallest absolute Gasteiger partial charge is 0.245 e. The monoisotopic (exact) mass is 1340 g/mol. The average Bonchev–Trinajstić information content (AvgIpc) is 1.38. The molecule has 17 N–H and O–H groups in total. The van der Waals surface area contributed by atoms with Crippen molar-refractivity contribution in [3.63, 3.8) is 0 Å². The largest absolute Gasteiger partial charge is 0.508 e. The van der Waals surface area contributed by atoms with Crippen LogP contribution in [-0.4, -0.2) is 171 Å². The van der Waals surface area contributed by atoms with E-state index in [2.05, 4.69) is 57.8 Å². The summed E-state index contributed by atoms with van der Waals surface area (Å²) in [6.07, 6.45) is 3.33. The van der Waals surface area contributed by atoms with E-state index in [9.17, 15) is 53.4 Å². The van der Waals surface area contributed by atoms with E-state index in [0.29, 0.717) is 33.7 Å². The predicted molar refractivity (Wildman–Crippen MR) is 355 cm³/mol. The van der Waals surface area contributed by atoms with Crippen molar-refractivity contribution in [2.45, 2.75) is 152 Å². The Morgan fingerprint density at radius 2 is 1.15 bits per heavy atom. The Bertz CT molecular complexity index is 3620. The van der Waals surface area contributed by atoms with Gasteiger partial charge < -0.3 is 80.2 Å². The third kappa shape index (κ3) is 21.9. The SMILES string of the molecule is CC(C)C[C@H](NC(=O)[C@H](Cc1ccc2ccccc2c1)NC(=O)[C@H](Cc1ccc(O)cc1)NC(=O)[C@H](CO)NC(=O)[C@H](Cc1cccnc1)NC(=O)[C@H](Cc1ccc(Cl)cc1)NC(=O)[C@@H]1CCC(=O)N1)C(=O)N[C@@H](CCCN=C(N)N)C(=O)N1CCC[C@H]1C(=O)N[C@H](C)C(N)=O. The number of likely N-dealkylation sites (tertiary alicyclic amines) is 1. The summed E-state index contributed by atoms with van der Waals surface area (Å²) < 4.78 is 0. The van der Waals surface area contributed by atoms with E-state index in [1.807, 2.05) is 36.4 Å². The summed E-state index contributed by atoms with van der Waals surface area (Å²) in [5.41, 5.74) is 18.6. The molecule has 28 nitrogen and oxygen atoms in total. The van der Waals surface area contributed by atoms with E-state index in [1.54, 1.807) is 56.3 Å². The van der Waals surface area contributed by atoms with E-state index < -0.39 is 126 Å². The van der Waals surface area contributed by atoms with Crippen molar-refractivity contribution in [2.75, 3.05) is 19.7 Å². The third-order valence-electron chi connectivity index (χ3n) is 16.3. The lowest BCUT2D eigenvalue weighted by Gasteiger charge is -2.31. The number of hydrogen-bond donors (Lipinski definition) is 14. The molecule has 2 aliphatic heterocycles. The molecule has 29 heteroatoms. The van der Waals surface area contributed by atoms with Crippen molar-refractivity contribution >= 4 is 93.3 Å². The van der Waals surface area contributed by atoms with E-state index in [-0.39, 0.29) is 101 Å². The molecule has 1 aromatic heterocycles. The number of guanidine groups is 1. The molecule has 5 aromatic rings. The van der Waals surface area contributed by atoms with Gasteiger partial charge in [0.1, 0.15) is 66.2 Å². The van der Waals surface area contributed by atoms with Crippen molar-refractivity contribution in [3.05, 3.63) is 143 Å².